The van der Waals surface area contributed by atoms with E-state index in [1.807, 2.05) is 40.7 Å². The van der Waals surface area contributed by atoms with Crippen molar-refractivity contribution in [3.8, 4) is 0 Å². The lowest BCUT2D eigenvalue weighted by Crippen LogP contribution is -2.55. The molecule has 6 nitrogen and oxygen atoms in total. The Bertz CT molecular complexity index is 668. The van der Waals surface area contributed by atoms with E-state index in [9.17, 15) is 4.79 Å². The summed E-state index contributed by atoms with van der Waals surface area (Å²) in [6.07, 6.45) is 2.97. The summed E-state index contributed by atoms with van der Waals surface area (Å²) in [6.45, 7) is 20.5. The van der Waals surface area contributed by atoms with E-state index < -0.39 is 19.7 Å². The molecule has 1 heterocycles. The zero-order valence-corrected chi connectivity index (χ0v) is 21.2. The van der Waals surface area contributed by atoms with E-state index in [0.29, 0.717) is 25.4 Å². The predicted octanol–water partition coefficient (Wildman–Crippen LogP) is 5.32. The summed E-state index contributed by atoms with van der Waals surface area (Å²) in [5.41, 5.74) is 3.74. The molecular formula is C23H40O6Si. The number of carbonyl (C=O) groups excluding carboxylic acids is 1. The van der Waals surface area contributed by atoms with Crippen LogP contribution in [0.15, 0.2) is 29.9 Å². The van der Waals surface area contributed by atoms with Crippen LogP contribution in [0.5, 0.6) is 0 Å². The van der Waals surface area contributed by atoms with Crippen LogP contribution in [0.25, 0.3) is 0 Å². The third-order valence-electron chi connectivity index (χ3n) is 4.66. The average molecular weight is 441 g/mol. The minimum absolute atomic E-state index is 0.0334. The number of esters is 1. The van der Waals surface area contributed by atoms with E-state index in [4.69, 9.17) is 23.4 Å². The van der Waals surface area contributed by atoms with Crippen LogP contribution in [-0.2, 0) is 28.2 Å². The maximum Gasteiger partial charge on any atom is 0.313 e. The molecule has 0 aromatic heterocycles. The predicted molar refractivity (Wildman–Crippen MR) is 120 cm³/mol. The van der Waals surface area contributed by atoms with Crippen molar-refractivity contribution in [3.63, 3.8) is 0 Å². The number of hydrogen-bond donors (Lipinski definition) is 0. The third kappa shape index (κ3) is 8.68. The molecule has 1 rings (SSSR count). The van der Waals surface area contributed by atoms with Crippen molar-refractivity contribution in [2.75, 3.05) is 13.7 Å². The molecule has 1 saturated heterocycles. The van der Waals surface area contributed by atoms with E-state index in [0.717, 1.165) is 5.57 Å². The SMILES string of the molecule is C=C[C@H]1[C@@H](CC(=C=C(OCC)O[Si](C)(C)C)CCC(=O)OC)OC(C)(C)OC1(C)C. The Kier molecular flexibility index (Phi) is 9.42. The Morgan fingerprint density at radius 3 is 2.33 bits per heavy atom. The molecule has 0 aromatic rings. The van der Waals surface area contributed by atoms with Gasteiger partial charge in [0.05, 0.1) is 25.4 Å². The van der Waals surface area contributed by atoms with E-state index in [-0.39, 0.29) is 24.4 Å². The lowest BCUT2D eigenvalue weighted by molar-refractivity contribution is -0.340. The van der Waals surface area contributed by atoms with Gasteiger partial charge in [-0.3, -0.25) is 4.79 Å². The fraction of sp³-hybridized carbons (Fsp3) is 0.739. The topological polar surface area (TPSA) is 63.2 Å². The smallest absolute Gasteiger partial charge is 0.313 e. The molecule has 1 aliphatic rings. The second-order valence-corrected chi connectivity index (χ2v) is 13.9. The van der Waals surface area contributed by atoms with Crippen LogP contribution < -0.4 is 0 Å². The molecule has 7 heteroatoms. The summed E-state index contributed by atoms with van der Waals surface area (Å²) in [5, 5.41) is 0. The van der Waals surface area contributed by atoms with Crippen molar-refractivity contribution in [1.82, 2.24) is 0 Å². The highest BCUT2D eigenvalue weighted by Crippen LogP contribution is 2.41. The van der Waals surface area contributed by atoms with Gasteiger partial charge in [0.1, 0.15) is 0 Å². The number of rotatable bonds is 10. The van der Waals surface area contributed by atoms with Gasteiger partial charge in [-0.2, -0.15) is 0 Å². The molecule has 0 saturated carbocycles. The summed E-state index contributed by atoms with van der Waals surface area (Å²) < 4.78 is 29.0. The molecule has 172 valence electrons. The summed E-state index contributed by atoms with van der Waals surface area (Å²) in [6, 6.07) is 0. The highest BCUT2D eigenvalue weighted by molar-refractivity contribution is 6.69. The van der Waals surface area contributed by atoms with Crippen LogP contribution >= 0.6 is 0 Å². The van der Waals surface area contributed by atoms with Crippen LogP contribution in [0.2, 0.25) is 19.6 Å². The van der Waals surface area contributed by atoms with Crippen LogP contribution in [0, 0.1) is 5.92 Å². The van der Waals surface area contributed by atoms with Crippen LogP contribution in [0.3, 0.4) is 0 Å². The summed E-state index contributed by atoms with van der Waals surface area (Å²) in [4.78, 5) is 11.8. The van der Waals surface area contributed by atoms with Crippen molar-refractivity contribution < 1.29 is 28.2 Å². The minimum Gasteiger partial charge on any atom is -0.514 e. The molecule has 0 amide bonds. The number of ether oxygens (including phenoxy) is 4. The molecule has 1 fully saturated rings. The quantitative estimate of drug-likeness (QED) is 0.151. The van der Waals surface area contributed by atoms with Crippen molar-refractivity contribution >= 4 is 14.3 Å². The van der Waals surface area contributed by atoms with Gasteiger partial charge >= 0.3 is 11.9 Å². The lowest BCUT2D eigenvalue weighted by atomic mass is 9.81. The van der Waals surface area contributed by atoms with Crippen molar-refractivity contribution in [3.05, 3.63) is 29.9 Å². The fourth-order valence-electron chi connectivity index (χ4n) is 3.67. The monoisotopic (exact) mass is 440 g/mol. The Labute approximate surface area is 183 Å². The van der Waals surface area contributed by atoms with Crippen LogP contribution in [-0.4, -0.2) is 45.5 Å². The highest BCUT2D eigenvalue weighted by atomic mass is 28.4. The maximum absolute atomic E-state index is 11.8. The molecule has 0 bridgehead atoms. The number of methoxy groups -OCH3 is 1. The first-order valence-corrected chi connectivity index (χ1v) is 14.0. The van der Waals surface area contributed by atoms with Gasteiger partial charge in [0, 0.05) is 18.8 Å². The normalized spacial score (nSPS) is 22.4. The van der Waals surface area contributed by atoms with Crippen LogP contribution in [0.1, 0.15) is 53.9 Å². The van der Waals surface area contributed by atoms with Crippen molar-refractivity contribution in [1.29, 1.82) is 0 Å². The van der Waals surface area contributed by atoms with E-state index in [1.165, 1.54) is 7.11 Å². The molecule has 2 atom stereocenters. The fourth-order valence-corrected chi connectivity index (χ4v) is 4.34. The van der Waals surface area contributed by atoms with Gasteiger partial charge in [-0.15, -0.1) is 6.58 Å². The van der Waals surface area contributed by atoms with Crippen molar-refractivity contribution in [2.45, 2.75) is 91.0 Å². The van der Waals surface area contributed by atoms with E-state index in [2.05, 4.69) is 32.0 Å². The minimum atomic E-state index is -1.89. The Morgan fingerprint density at radius 2 is 1.83 bits per heavy atom. The molecule has 0 N–H and O–H groups in total. The van der Waals surface area contributed by atoms with Gasteiger partial charge in [-0.1, -0.05) is 6.08 Å². The Hall–Kier alpha value is -1.53. The zero-order chi connectivity index (χ0) is 23.2. The second-order valence-electron chi connectivity index (χ2n) is 9.47. The summed E-state index contributed by atoms with van der Waals surface area (Å²) in [5.74, 6) is -0.666. The molecule has 0 aromatic carbocycles. The summed E-state index contributed by atoms with van der Waals surface area (Å²) in [7, 11) is -0.501. The molecule has 1 aliphatic heterocycles. The molecular weight excluding hydrogens is 400 g/mol. The Morgan fingerprint density at radius 1 is 1.20 bits per heavy atom. The maximum atomic E-state index is 11.8. The van der Waals surface area contributed by atoms with Crippen LogP contribution in [0.4, 0.5) is 0 Å². The standard InChI is InChI=1S/C23H40O6Si/c1-11-18-19(27-23(5,6)29-22(18,3)4)15-17(13-14-20(24)25-7)16-21(26-12-2)28-30(8,9)10/h11,18-19H,1,12-15H2,2-10H3/t16?,18-,19+/m0/s1. The molecule has 30 heavy (non-hydrogen) atoms. The van der Waals surface area contributed by atoms with Gasteiger partial charge in [0.15, 0.2) is 5.79 Å². The second kappa shape index (κ2) is 10.7. The van der Waals surface area contributed by atoms with Gasteiger partial charge in [0.25, 0.3) is 0 Å². The first-order valence-electron chi connectivity index (χ1n) is 10.6. The molecule has 0 aliphatic carbocycles. The average Bonchev–Trinajstić information content (AvgIpc) is 2.56. The number of carbonyl (C=O) groups is 1. The molecule has 0 radical (unpaired) electrons. The lowest BCUT2D eigenvalue weighted by Gasteiger charge is -2.50. The first kappa shape index (κ1) is 26.5. The zero-order valence-electron chi connectivity index (χ0n) is 20.2. The first-order chi connectivity index (χ1) is 13.7. The van der Waals surface area contributed by atoms with Gasteiger partial charge in [-0.05, 0) is 72.0 Å². The van der Waals surface area contributed by atoms with Gasteiger partial charge in [-0.25, -0.2) is 0 Å². The largest absolute Gasteiger partial charge is 0.514 e. The van der Waals surface area contributed by atoms with Gasteiger partial charge in [0.2, 0.25) is 8.32 Å². The highest BCUT2D eigenvalue weighted by Gasteiger charge is 2.46. The summed E-state index contributed by atoms with van der Waals surface area (Å²) >= 11 is 0. The van der Waals surface area contributed by atoms with E-state index >= 15 is 0 Å². The third-order valence-corrected chi connectivity index (χ3v) is 5.46. The molecule has 0 unspecified atom stereocenters. The van der Waals surface area contributed by atoms with E-state index in [1.54, 1.807) is 0 Å². The Balaban J connectivity index is 3.33. The molecule has 0 spiro atoms. The van der Waals surface area contributed by atoms with Crippen molar-refractivity contribution in [2.24, 2.45) is 5.92 Å². The van der Waals surface area contributed by atoms with Gasteiger partial charge < -0.3 is 23.4 Å². The number of hydrogen-bond acceptors (Lipinski definition) is 6.